The summed E-state index contributed by atoms with van der Waals surface area (Å²) in [5, 5.41) is 0. The van der Waals surface area contributed by atoms with Crippen LogP contribution in [0, 0.1) is 5.92 Å². The lowest BCUT2D eigenvalue weighted by molar-refractivity contribution is -0.149. The van der Waals surface area contributed by atoms with Gasteiger partial charge in [0.2, 0.25) is 0 Å². The van der Waals surface area contributed by atoms with Gasteiger partial charge in [-0.05, 0) is 12.0 Å². The van der Waals surface area contributed by atoms with Crippen LogP contribution in [0.5, 0.6) is 0 Å². The minimum absolute atomic E-state index is 0.0803. The lowest BCUT2D eigenvalue weighted by Crippen LogP contribution is -2.28. The third-order valence-corrected chi connectivity index (χ3v) is 2.85. The summed E-state index contributed by atoms with van der Waals surface area (Å²) in [5.74, 6) is -0.165. The molecule has 0 bridgehead atoms. The van der Waals surface area contributed by atoms with E-state index < -0.39 is 0 Å². The van der Waals surface area contributed by atoms with E-state index in [0.717, 1.165) is 12.0 Å². The maximum absolute atomic E-state index is 11.4. The summed E-state index contributed by atoms with van der Waals surface area (Å²) in [6.45, 7) is 0.292. The van der Waals surface area contributed by atoms with E-state index in [1.54, 1.807) is 0 Å². The van der Waals surface area contributed by atoms with Gasteiger partial charge in [-0.2, -0.15) is 0 Å². The summed E-state index contributed by atoms with van der Waals surface area (Å²) in [6.07, 6.45) is 1.70. The quantitative estimate of drug-likeness (QED) is 0.727. The highest BCUT2D eigenvalue weighted by Crippen LogP contribution is 2.25. The first-order valence-corrected chi connectivity index (χ1v) is 5.48. The van der Waals surface area contributed by atoms with Crippen LogP contribution < -0.4 is 0 Å². The predicted molar refractivity (Wildman–Crippen MR) is 58.6 cm³/mol. The van der Waals surface area contributed by atoms with E-state index in [0.29, 0.717) is 13.0 Å². The predicted octanol–water partition coefficient (Wildman–Crippen LogP) is 2.10. The fourth-order valence-electron chi connectivity index (χ4n) is 1.68. The van der Waals surface area contributed by atoms with Crippen molar-refractivity contribution in [1.29, 1.82) is 0 Å². The van der Waals surface area contributed by atoms with E-state index >= 15 is 0 Å². The Kier molecular flexibility index (Phi) is 3.34. The standard InChI is InChI=1S/C13H14O3/c14-12-7-6-11(12)8-13(15)16-9-10-4-2-1-3-5-10/h1-5,11H,6-9H2. The normalized spacial score (nSPS) is 19.0. The van der Waals surface area contributed by atoms with Crippen LogP contribution in [0.4, 0.5) is 0 Å². The molecule has 3 heteroatoms. The second-order valence-corrected chi connectivity index (χ2v) is 4.05. The monoisotopic (exact) mass is 218 g/mol. The molecular formula is C13H14O3. The summed E-state index contributed by atoms with van der Waals surface area (Å²) in [7, 11) is 0. The molecule has 1 atom stereocenters. The minimum atomic E-state index is -0.276. The summed E-state index contributed by atoms with van der Waals surface area (Å²) < 4.78 is 5.09. The van der Waals surface area contributed by atoms with Gasteiger partial charge in [-0.1, -0.05) is 30.3 Å². The number of ether oxygens (including phenoxy) is 1. The van der Waals surface area contributed by atoms with Gasteiger partial charge >= 0.3 is 5.97 Å². The molecule has 0 amide bonds. The van der Waals surface area contributed by atoms with Gasteiger partial charge in [-0.25, -0.2) is 0 Å². The molecule has 3 nitrogen and oxygen atoms in total. The third kappa shape index (κ3) is 2.69. The van der Waals surface area contributed by atoms with Crippen LogP contribution in [-0.2, 0) is 20.9 Å². The maximum Gasteiger partial charge on any atom is 0.306 e. The molecule has 1 aliphatic rings. The first-order chi connectivity index (χ1) is 7.75. The number of hydrogen-bond acceptors (Lipinski definition) is 3. The molecule has 16 heavy (non-hydrogen) atoms. The van der Waals surface area contributed by atoms with Gasteiger partial charge in [-0.15, -0.1) is 0 Å². The second kappa shape index (κ2) is 4.92. The SMILES string of the molecule is O=C(CC1CCC1=O)OCc1ccccc1. The number of rotatable bonds is 4. The summed E-state index contributed by atoms with van der Waals surface area (Å²) in [4.78, 5) is 22.4. The van der Waals surface area contributed by atoms with Gasteiger partial charge in [-0.3, -0.25) is 9.59 Å². The fraction of sp³-hybridized carbons (Fsp3) is 0.385. The molecule has 0 spiro atoms. The van der Waals surface area contributed by atoms with E-state index in [4.69, 9.17) is 4.74 Å². The molecule has 1 aliphatic carbocycles. The fourth-order valence-corrected chi connectivity index (χ4v) is 1.68. The molecule has 0 radical (unpaired) electrons. The molecule has 1 aromatic rings. The number of hydrogen-bond donors (Lipinski definition) is 0. The van der Waals surface area contributed by atoms with Crippen LogP contribution >= 0.6 is 0 Å². The molecule has 1 fully saturated rings. The third-order valence-electron chi connectivity index (χ3n) is 2.85. The largest absolute Gasteiger partial charge is 0.461 e. The molecule has 0 aromatic heterocycles. The van der Waals surface area contributed by atoms with Crippen molar-refractivity contribution in [3.63, 3.8) is 0 Å². The number of esters is 1. The number of ketones is 1. The van der Waals surface area contributed by atoms with Gasteiger partial charge in [0.05, 0.1) is 6.42 Å². The zero-order valence-electron chi connectivity index (χ0n) is 9.02. The van der Waals surface area contributed by atoms with Crippen molar-refractivity contribution in [1.82, 2.24) is 0 Å². The van der Waals surface area contributed by atoms with Gasteiger partial charge in [0.1, 0.15) is 12.4 Å². The van der Waals surface area contributed by atoms with E-state index in [9.17, 15) is 9.59 Å². The van der Waals surface area contributed by atoms with E-state index in [-0.39, 0.29) is 24.1 Å². The van der Waals surface area contributed by atoms with Gasteiger partial charge < -0.3 is 4.74 Å². The maximum atomic E-state index is 11.4. The molecule has 84 valence electrons. The second-order valence-electron chi connectivity index (χ2n) is 4.05. The molecule has 0 saturated heterocycles. The Morgan fingerprint density at radius 3 is 2.62 bits per heavy atom. The average molecular weight is 218 g/mol. The Bertz CT molecular complexity index is 383. The first-order valence-electron chi connectivity index (χ1n) is 5.48. The van der Waals surface area contributed by atoms with Crippen molar-refractivity contribution in [2.45, 2.75) is 25.9 Å². The van der Waals surface area contributed by atoms with E-state index in [1.165, 1.54) is 0 Å². The molecular weight excluding hydrogens is 204 g/mol. The Labute approximate surface area is 94.4 Å². The van der Waals surface area contributed by atoms with Crippen LogP contribution in [0.3, 0.4) is 0 Å². The summed E-state index contributed by atoms with van der Waals surface area (Å²) in [5.41, 5.74) is 0.968. The zero-order valence-corrected chi connectivity index (χ0v) is 9.02. The molecule has 1 unspecified atom stereocenters. The Balaban J connectivity index is 1.74. The smallest absolute Gasteiger partial charge is 0.306 e. The molecule has 1 saturated carbocycles. The van der Waals surface area contributed by atoms with E-state index in [1.807, 2.05) is 30.3 Å². The van der Waals surface area contributed by atoms with Crippen molar-refractivity contribution in [2.75, 3.05) is 0 Å². The number of carbonyl (C=O) groups is 2. The van der Waals surface area contributed by atoms with Crippen molar-refractivity contribution >= 4 is 11.8 Å². The molecule has 0 N–H and O–H groups in total. The van der Waals surface area contributed by atoms with Crippen LogP contribution in [-0.4, -0.2) is 11.8 Å². The van der Waals surface area contributed by atoms with Crippen molar-refractivity contribution < 1.29 is 14.3 Å². The lowest BCUT2D eigenvalue weighted by Gasteiger charge is -2.22. The summed E-state index contributed by atoms with van der Waals surface area (Å²) in [6, 6.07) is 9.53. The highest BCUT2D eigenvalue weighted by atomic mass is 16.5. The van der Waals surface area contributed by atoms with E-state index in [2.05, 4.69) is 0 Å². The highest BCUT2D eigenvalue weighted by molar-refractivity contribution is 5.89. The van der Waals surface area contributed by atoms with Crippen molar-refractivity contribution in [2.24, 2.45) is 5.92 Å². The number of carbonyl (C=O) groups excluding carboxylic acids is 2. The van der Waals surface area contributed by atoms with Crippen LogP contribution in [0.1, 0.15) is 24.8 Å². The number of benzene rings is 1. The Morgan fingerprint density at radius 1 is 1.31 bits per heavy atom. The Morgan fingerprint density at radius 2 is 2.06 bits per heavy atom. The first kappa shape index (κ1) is 10.9. The molecule has 0 aliphatic heterocycles. The van der Waals surface area contributed by atoms with Crippen molar-refractivity contribution in [3.8, 4) is 0 Å². The lowest BCUT2D eigenvalue weighted by atomic mass is 9.81. The number of Topliss-reactive ketones (excluding diaryl/α,β-unsaturated/α-hetero) is 1. The van der Waals surface area contributed by atoms with Gasteiger partial charge in [0.25, 0.3) is 0 Å². The Hall–Kier alpha value is -1.64. The molecule has 1 aromatic carbocycles. The minimum Gasteiger partial charge on any atom is -0.461 e. The van der Waals surface area contributed by atoms with Crippen LogP contribution in [0.15, 0.2) is 30.3 Å². The summed E-state index contributed by atoms with van der Waals surface area (Å²) >= 11 is 0. The van der Waals surface area contributed by atoms with Crippen molar-refractivity contribution in [3.05, 3.63) is 35.9 Å². The average Bonchev–Trinajstić information content (AvgIpc) is 2.33. The van der Waals surface area contributed by atoms with Crippen LogP contribution in [0.25, 0.3) is 0 Å². The zero-order chi connectivity index (χ0) is 11.4. The highest BCUT2D eigenvalue weighted by Gasteiger charge is 2.30. The van der Waals surface area contributed by atoms with Crippen LogP contribution in [0.2, 0.25) is 0 Å². The molecule has 0 heterocycles. The van der Waals surface area contributed by atoms with Gasteiger partial charge in [0.15, 0.2) is 0 Å². The molecule has 2 rings (SSSR count). The topological polar surface area (TPSA) is 43.4 Å². The van der Waals surface area contributed by atoms with Gasteiger partial charge in [0, 0.05) is 12.3 Å².